The van der Waals surface area contributed by atoms with Crippen LogP contribution in [0.1, 0.15) is 5.56 Å². The lowest BCUT2D eigenvalue weighted by Crippen LogP contribution is -2.02. The van der Waals surface area contributed by atoms with Crippen molar-refractivity contribution in [3.63, 3.8) is 0 Å². The summed E-state index contributed by atoms with van der Waals surface area (Å²) in [5.74, 6) is -0.293. The van der Waals surface area contributed by atoms with E-state index in [2.05, 4.69) is 10.3 Å². The smallest absolute Gasteiger partial charge is 0.274 e. The maximum absolute atomic E-state index is 12.9. The molecule has 1 aromatic heterocycles. The van der Waals surface area contributed by atoms with Crippen LogP contribution in [0.15, 0.2) is 53.9 Å². The number of thiazole rings is 1. The number of hydrogen-bond acceptors (Lipinski definition) is 5. The van der Waals surface area contributed by atoms with Crippen LogP contribution in [0.5, 0.6) is 0 Å². The van der Waals surface area contributed by atoms with E-state index in [1.165, 1.54) is 29.5 Å². The molecule has 0 spiro atoms. The first-order valence-corrected chi connectivity index (χ1v) is 7.69. The Labute approximate surface area is 135 Å². The first kappa shape index (κ1) is 15.1. The number of para-hydroxylation sites is 1. The molecule has 0 unspecified atom stereocenters. The first-order valence-electron chi connectivity index (χ1n) is 6.81. The topological polar surface area (TPSA) is 68.1 Å². The molecule has 0 aliphatic rings. The molecule has 0 saturated heterocycles. The van der Waals surface area contributed by atoms with Gasteiger partial charge in [0.1, 0.15) is 5.82 Å². The van der Waals surface area contributed by atoms with Crippen LogP contribution in [0.25, 0.3) is 11.3 Å². The van der Waals surface area contributed by atoms with Crippen molar-refractivity contribution in [2.45, 2.75) is 6.54 Å². The van der Waals surface area contributed by atoms with Crippen molar-refractivity contribution in [1.82, 2.24) is 4.98 Å². The second-order valence-electron chi connectivity index (χ2n) is 4.78. The fourth-order valence-electron chi connectivity index (χ4n) is 2.12. The number of hydrogen-bond donors (Lipinski definition) is 1. The monoisotopic (exact) mass is 329 g/mol. The molecule has 1 heterocycles. The molecule has 0 aliphatic heterocycles. The number of anilines is 1. The van der Waals surface area contributed by atoms with Gasteiger partial charge in [-0.05, 0) is 24.3 Å². The molecule has 3 aromatic rings. The van der Waals surface area contributed by atoms with Crippen LogP contribution < -0.4 is 5.32 Å². The van der Waals surface area contributed by atoms with E-state index in [1.54, 1.807) is 30.3 Å². The van der Waals surface area contributed by atoms with Gasteiger partial charge < -0.3 is 5.32 Å². The van der Waals surface area contributed by atoms with Crippen LogP contribution in [0.4, 0.5) is 15.2 Å². The van der Waals surface area contributed by atoms with E-state index in [1.807, 2.05) is 5.38 Å². The van der Waals surface area contributed by atoms with Gasteiger partial charge in [0.2, 0.25) is 0 Å². The van der Waals surface area contributed by atoms with E-state index < -0.39 is 4.92 Å². The number of rotatable bonds is 5. The van der Waals surface area contributed by atoms with E-state index in [-0.39, 0.29) is 11.5 Å². The molecule has 0 radical (unpaired) electrons. The van der Waals surface area contributed by atoms with Crippen molar-refractivity contribution in [2.75, 3.05) is 5.32 Å². The third-order valence-electron chi connectivity index (χ3n) is 3.26. The third kappa shape index (κ3) is 3.51. The second-order valence-corrected chi connectivity index (χ2v) is 5.64. The summed E-state index contributed by atoms with van der Waals surface area (Å²) in [6, 6.07) is 12.7. The van der Waals surface area contributed by atoms with Crippen molar-refractivity contribution < 1.29 is 9.31 Å². The van der Waals surface area contributed by atoms with Crippen LogP contribution in [0, 0.1) is 15.9 Å². The molecule has 5 nitrogen and oxygen atoms in total. The normalized spacial score (nSPS) is 10.5. The average Bonchev–Trinajstić information content (AvgIpc) is 3.03. The Morgan fingerprint density at radius 2 is 1.91 bits per heavy atom. The van der Waals surface area contributed by atoms with E-state index in [0.717, 1.165) is 11.3 Å². The Bertz CT molecular complexity index is 833. The maximum Gasteiger partial charge on any atom is 0.274 e. The Morgan fingerprint density at radius 3 is 2.65 bits per heavy atom. The summed E-state index contributed by atoms with van der Waals surface area (Å²) in [5.41, 5.74) is 2.23. The highest BCUT2D eigenvalue weighted by Crippen LogP contribution is 2.26. The molecule has 1 N–H and O–H groups in total. The molecular formula is C16H12FN3O2S. The minimum absolute atomic E-state index is 0.0790. The molecule has 23 heavy (non-hydrogen) atoms. The zero-order valence-corrected chi connectivity index (χ0v) is 12.7. The number of nitrogens with zero attached hydrogens (tertiary/aromatic N) is 2. The van der Waals surface area contributed by atoms with Gasteiger partial charge >= 0.3 is 0 Å². The van der Waals surface area contributed by atoms with Crippen molar-refractivity contribution in [1.29, 1.82) is 0 Å². The lowest BCUT2D eigenvalue weighted by Gasteiger charge is -2.03. The number of nitro benzene ring substituents is 1. The van der Waals surface area contributed by atoms with Crippen LogP contribution in [0.2, 0.25) is 0 Å². The third-order valence-corrected chi connectivity index (χ3v) is 4.06. The largest absolute Gasteiger partial charge is 0.357 e. The van der Waals surface area contributed by atoms with Gasteiger partial charge in [-0.1, -0.05) is 18.2 Å². The summed E-state index contributed by atoms with van der Waals surface area (Å²) in [7, 11) is 0. The molecule has 7 heteroatoms. The predicted octanol–water partition coefficient (Wildman–Crippen LogP) is 4.47. The van der Waals surface area contributed by atoms with E-state index in [4.69, 9.17) is 0 Å². The summed E-state index contributed by atoms with van der Waals surface area (Å²) in [4.78, 5) is 15.0. The lowest BCUT2D eigenvalue weighted by atomic mass is 10.2. The van der Waals surface area contributed by atoms with Crippen LogP contribution in [-0.2, 0) is 6.54 Å². The van der Waals surface area contributed by atoms with Crippen LogP contribution in [0.3, 0.4) is 0 Å². The Hall–Kier alpha value is -2.80. The number of aromatic nitrogens is 1. The first-order chi connectivity index (χ1) is 11.1. The quantitative estimate of drug-likeness (QED) is 0.554. The van der Waals surface area contributed by atoms with Gasteiger partial charge in [0, 0.05) is 29.1 Å². The van der Waals surface area contributed by atoms with E-state index >= 15 is 0 Å². The molecule has 116 valence electrons. The Balaban J connectivity index is 1.73. The SMILES string of the molecule is O=[N+]([O-])c1ccccc1CNc1nc(-c2ccc(F)cc2)cs1. The molecule has 0 aliphatic carbocycles. The van der Waals surface area contributed by atoms with Crippen molar-refractivity contribution >= 4 is 22.2 Å². The molecular weight excluding hydrogens is 317 g/mol. The lowest BCUT2D eigenvalue weighted by molar-refractivity contribution is -0.385. The second kappa shape index (κ2) is 6.53. The maximum atomic E-state index is 12.9. The average molecular weight is 329 g/mol. The van der Waals surface area contributed by atoms with Crippen molar-refractivity contribution in [3.8, 4) is 11.3 Å². The number of benzene rings is 2. The van der Waals surface area contributed by atoms with E-state index in [9.17, 15) is 14.5 Å². The van der Waals surface area contributed by atoms with Crippen LogP contribution >= 0.6 is 11.3 Å². The van der Waals surface area contributed by atoms with Gasteiger partial charge in [-0.15, -0.1) is 11.3 Å². The van der Waals surface area contributed by atoms with Gasteiger partial charge in [-0.2, -0.15) is 0 Å². The molecule has 0 fully saturated rings. The highest BCUT2D eigenvalue weighted by atomic mass is 32.1. The summed E-state index contributed by atoms with van der Waals surface area (Å²) in [5, 5.41) is 16.6. The summed E-state index contributed by atoms with van der Waals surface area (Å²) < 4.78 is 12.9. The molecule has 2 aromatic carbocycles. The fourth-order valence-corrected chi connectivity index (χ4v) is 2.84. The zero-order chi connectivity index (χ0) is 16.2. The highest BCUT2D eigenvalue weighted by molar-refractivity contribution is 7.14. The minimum Gasteiger partial charge on any atom is -0.357 e. The van der Waals surface area contributed by atoms with Gasteiger partial charge in [0.15, 0.2) is 5.13 Å². The Kier molecular flexibility index (Phi) is 4.29. The molecule has 3 rings (SSSR count). The Morgan fingerprint density at radius 1 is 1.17 bits per heavy atom. The van der Waals surface area contributed by atoms with Crippen molar-refractivity contribution in [2.24, 2.45) is 0 Å². The number of halogens is 1. The number of nitrogens with one attached hydrogen (secondary N) is 1. The zero-order valence-electron chi connectivity index (χ0n) is 11.9. The summed E-state index contributed by atoms with van der Waals surface area (Å²) in [6.45, 7) is 0.313. The van der Waals surface area contributed by atoms with Gasteiger partial charge in [0.05, 0.1) is 10.6 Å². The standard InChI is InChI=1S/C16H12FN3O2S/c17-13-7-5-11(6-8-13)14-10-23-16(19-14)18-9-12-3-1-2-4-15(12)20(21)22/h1-8,10H,9H2,(H,18,19). The van der Waals surface area contributed by atoms with E-state index in [0.29, 0.717) is 17.2 Å². The molecule has 0 amide bonds. The molecule has 0 atom stereocenters. The number of nitro groups is 1. The van der Waals surface area contributed by atoms with Crippen molar-refractivity contribution in [3.05, 3.63) is 75.4 Å². The predicted molar refractivity (Wildman–Crippen MR) is 87.9 cm³/mol. The minimum atomic E-state index is -0.400. The fraction of sp³-hybridized carbons (Fsp3) is 0.0625. The van der Waals surface area contributed by atoms with Gasteiger partial charge in [-0.25, -0.2) is 9.37 Å². The summed E-state index contributed by atoms with van der Waals surface area (Å²) >= 11 is 1.40. The molecule has 0 bridgehead atoms. The van der Waals surface area contributed by atoms with Gasteiger partial charge in [0.25, 0.3) is 5.69 Å². The van der Waals surface area contributed by atoms with Crippen LogP contribution in [-0.4, -0.2) is 9.91 Å². The summed E-state index contributed by atoms with van der Waals surface area (Å²) in [6.07, 6.45) is 0. The highest BCUT2D eigenvalue weighted by Gasteiger charge is 2.12. The molecule has 0 saturated carbocycles. The van der Waals surface area contributed by atoms with Gasteiger partial charge in [-0.3, -0.25) is 10.1 Å².